The van der Waals surface area contributed by atoms with Gasteiger partial charge in [0.25, 0.3) is 0 Å². The fourth-order valence-electron chi connectivity index (χ4n) is 2.26. The second-order valence-electron chi connectivity index (χ2n) is 5.00. The van der Waals surface area contributed by atoms with Crippen LogP contribution in [0, 0.1) is 5.92 Å². The standard InChI is InChI=1S/C13H20ClN3O2S/c1-3-17(9-10-5-4-6-10)20(18,19)11-7-12(14)13(15-2)16-8-11/h7-8,10H,3-6,9H2,1-2H3,(H,15,16). The fraction of sp³-hybridized carbons (Fsp3) is 0.615. The SMILES string of the molecule is CCN(CC1CCC1)S(=O)(=O)c1cnc(NC)c(Cl)c1. The van der Waals surface area contributed by atoms with Gasteiger partial charge in [0.15, 0.2) is 0 Å². The first-order valence-electron chi connectivity index (χ1n) is 6.82. The van der Waals surface area contributed by atoms with E-state index in [1.54, 1.807) is 7.05 Å². The van der Waals surface area contributed by atoms with Gasteiger partial charge in [-0.15, -0.1) is 0 Å². The van der Waals surface area contributed by atoms with E-state index in [1.807, 2.05) is 6.92 Å². The zero-order chi connectivity index (χ0) is 14.8. The molecule has 0 spiro atoms. The molecule has 5 nitrogen and oxygen atoms in total. The van der Waals surface area contributed by atoms with Crippen LogP contribution in [0.15, 0.2) is 17.2 Å². The number of hydrogen-bond acceptors (Lipinski definition) is 4. The normalized spacial score (nSPS) is 16.2. The fourth-order valence-corrected chi connectivity index (χ4v) is 4.08. The third kappa shape index (κ3) is 3.07. The maximum Gasteiger partial charge on any atom is 0.244 e. The first kappa shape index (κ1) is 15.5. The molecule has 1 aliphatic carbocycles. The molecule has 0 bridgehead atoms. The number of anilines is 1. The molecule has 0 amide bonds. The molecule has 1 aromatic rings. The van der Waals surface area contributed by atoms with E-state index < -0.39 is 10.0 Å². The van der Waals surface area contributed by atoms with Crippen LogP contribution in [-0.2, 0) is 10.0 Å². The van der Waals surface area contributed by atoms with Gasteiger partial charge in [-0.2, -0.15) is 4.31 Å². The van der Waals surface area contributed by atoms with E-state index in [-0.39, 0.29) is 4.90 Å². The van der Waals surface area contributed by atoms with Crippen LogP contribution in [0.3, 0.4) is 0 Å². The van der Waals surface area contributed by atoms with Crippen LogP contribution in [0.5, 0.6) is 0 Å². The molecular formula is C13H20ClN3O2S. The largest absolute Gasteiger partial charge is 0.372 e. The van der Waals surface area contributed by atoms with Crippen LogP contribution in [-0.4, -0.2) is 37.8 Å². The molecular weight excluding hydrogens is 298 g/mol. The number of sulfonamides is 1. The Bertz CT molecular complexity index is 573. The van der Waals surface area contributed by atoms with Gasteiger partial charge in [0, 0.05) is 26.3 Å². The molecule has 2 rings (SSSR count). The zero-order valence-corrected chi connectivity index (χ0v) is 13.3. The van der Waals surface area contributed by atoms with E-state index in [0.29, 0.717) is 29.8 Å². The molecule has 0 unspecified atom stereocenters. The lowest BCUT2D eigenvalue weighted by Gasteiger charge is -2.31. The molecule has 1 aromatic heterocycles. The summed E-state index contributed by atoms with van der Waals surface area (Å²) in [7, 11) is -1.82. The molecule has 0 aliphatic heterocycles. The van der Waals surface area contributed by atoms with Crippen molar-refractivity contribution in [2.24, 2.45) is 5.92 Å². The predicted octanol–water partition coefficient (Wildman–Crippen LogP) is 2.59. The van der Waals surface area contributed by atoms with Gasteiger partial charge in [-0.3, -0.25) is 0 Å². The summed E-state index contributed by atoms with van der Waals surface area (Å²) >= 11 is 6.02. The van der Waals surface area contributed by atoms with E-state index in [1.165, 1.54) is 23.0 Å². The molecule has 0 saturated heterocycles. The summed E-state index contributed by atoms with van der Waals surface area (Å²) in [5, 5.41) is 3.13. The van der Waals surface area contributed by atoms with E-state index in [0.717, 1.165) is 12.8 Å². The maximum atomic E-state index is 12.6. The Morgan fingerprint density at radius 2 is 2.20 bits per heavy atom. The Morgan fingerprint density at radius 1 is 1.50 bits per heavy atom. The Balaban J connectivity index is 2.24. The third-order valence-electron chi connectivity index (χ3n) is 3.73. The number of aromatic nitrogens is 1. The molecule has 7 heteroatoms. The Labute approximate surface area is 125 Å². The van der Waals surface area contributed by atoms with Crippen molar-refractivity contribution in [3.63, 3.8) is 0 Å². The molecule has 20 heavy (non-hydrogen) atoms. The van der Waals surface area contributed by atoms with Gasteiger partial charge < -0.3 is 5.32 Å². The highest BCUT2D eigenvalue weighted by atomic mass is 35.5. The number of hydrogen-bond donors (Lipinski definition) is 1. The Hall–Kier alpha value is -0.850. The van der Waals surface area contributed by atoms with Gasteiger partial charge >= 0.3 is 0 Å². The lowest BCUT2D eigenvalue weighted by atomic mass is 9.85. The molecule has 0 aromatic carbocycles. The zero-order valence-electron chi connectivity index (χ0n) is 11.8. The van der Waals surface area contributed by atoms with Crippen molar-refractivity contribution in [1.82, 2.24) is 9.29 Å². The van der Waals surface area contributed by atoms with Crippen molar-refractivity contribution < 1.29 is 8.42 Å². The van der Waals surface area contributed by atoms with Crippen LogP contribution in [0.2, 0.25) is 5.02 Å². The van der Waals surface area contributed by atoms with Crippen LogP contribution in [0.1, 0.15) is 26.2 Å². The maximum absolute atomic E-state index is 12.6. The van der Waals surface area contributed by atoms with Crippen molar-refractivity contribution in [1.29, 1.82) is 0 Å². The first-order valence-corrected chi connectivity index (χ1v) is 8.64. The summed E-state index contributed by atoms with van der Waals surface area (Å²) in [5.41, 5.74) is 0. The molecule has 1 aliphatic rings. The molecule has 1 fully saturated rings. The van der Waals surface area contributed by atoms with Gasteiger partial charge in [0.05, 0.1) is 5.02 Å². The average molecular weight is 318 g/mol. The van der Waals surface area contributed by atoms with E-state index in [4.69, 9.17) is 11.6 Å². The number of nitrogens with one attached hydrogen (secondary N) is 1. The summed E-state index contributed by atoms with van der Waals surface area (Å²) in [4.78, 5) is 4.20. The van der Waals surface area contributed by atoms with Crippen molar-refractivity contribution >= 4 is 27.4 Å². The van der Waals surface area contributed by atoms with Crippen molar-refractivity contribution in [2.75, 3.05) is 25.5 Å². The molecule has 1 heterocycles. The Morgan fingerprint density at radius 3 is 2.65 bits per heavy atom. The highest BCUT2D eigenvalue weighted by molar-refractivity contribution is 7.89. The second-order valence-corrected chi connectivity index (χ2v) is 7.35. The van der Waals surface area contributed by atoms with Crippen LogP contribution < -0.4 is 5.32 Å². The molecule has 0 atom stereocenters. The topological polar surface area (TPSA) is 62.3 Å². The summed E-state index contributed by atoms with van der Waals surface area (Å²) in [5.74, 6) is 0.970. The third-order valence-corrected chi connectivity index (χ3v) is 5.92. The average Bonchev–Trinajstić information content (AvgIpc) is 2.37. The lowest BCUT2D eigenvalue weighted by molar-refractivity contribution is 0.250. The predicted molar refractivity (Wildman–Crippen MR) is 80.6 cm³/mol. The number of rotatable bonds is 6. The van der Waals surface area contributed by atoms with E-state index in [2.05, 4.69) is 10.3 Å². The Kier molecular flexibility index (Phi) is 4.88. The van der Waals surface area contributed by atoms with E-state index >= 15 is 0 Å². The van der Waals surface area contributed by atoms with Gasteiger partial charge in [-0.05, 0) is 24.8 Å². The minimum absolute atomic E-state index is 0.155. The van der Waals surface area contributed by atoms with Gasteiger partial charge in [-0.25, -0.2) is 13.4 Å². The quantitative estimate of drug-likeness (QED) is 0.876. The first-order chi connectivity index (χ1) is 9.48. The summed E-state index contributed by atoms with van der Waals surface area (Å²) in [6, 6.07) is 1.46. The van der Waals surface area contributed by atoms with Gasteiger partial charge in [-0.1, -0.05) is 24.9 Å². The van der Waals surface area contributed by atoms with Gasteiger partial charge in [0.1, 0.15) is 10.7 Å². The van der Waals surface area contributed by atoms with Crippen molar-refractivity contribution in [3.8, 4) is 0 Å². The highest BCUT2D eigenvalue weighted by Gasteiger charge is 2.29. The number of pyridine rings is 1. The molecule has 1 N–H and O–H groups in total. The molecule has 0 radical (unpaired) electrons. The molecule has 1 saturated carbocycles. The minimum Gasteiger partial charge on any atom is -0.372 e. The number of nitrogens with zero attached hydrogens (tertiary/aromatic N) is 2. The number of halogens is 1. The van der Waals surface area contributed by atoms with Gasteiger partial charge in [0.2, 0.25) is 10.0 Å². The minimum atomic E-state index is -3.51. The summed E-state index contributed by atoms with van der Waals surface area (Å²) in [6.07, 6.45) is 4.79. The monoisotopic (exact) mass is 317 g/mol. The van der Waals surface area contributed by atoms with Crippen LogP contribution in [0.25, 0.3) is 0 Å². The summed E-state index contributed by atoms with van der Waals surface area (Å²) < 4.78 is 26.7. The second kappa shape index (κ2) is 6.28. The highest BCUT2D eigenvalue weighted by Crippen LogP contribution is 2.30. The summed E-state index contributed by atoms with van der Waals surface area (Å²) in [6.45, 7) is 2.90. The van der Waals surface area contributed by atoms with Crippen LogP contribution in [0.4, 0.5) is 5.82 Å². The lowest BCUT2D eigenvalue weighted by Crippen LogP contribution is -2.37. The smallest absolute Gasteiger partial charge is 0.244 e. The van der Waals surface area contributed by atoms with Crippen LogP contribution >= 0.6 is 11.6 Å². The van der Waals surface area contributed by atoms with Crippen molar-refractivity contribution in [2.45, 2.75) is 31.1 Å². The van der Waals surface area contributed by atoms with E-state index in [9.17, 15) is 8.42 Å². The van der Waals surface area contributed by atoms with Crippen molar-refractivity contribution in [3.05, 3.63) is 17.3 Å². The molecule has 112 valence electrons.